The molecule has 0 fully saturated rings. The molecule has 6 nitrogen and oxygen atoms in total. The van der Waals surface area contributed by atoms with E-state index in [9.17, 15) is 9.00 Å². The average Bonchev–Trinajstić information content (AvgIpc) is 2.67. The molecule has 144 valence electrons. The maximum atomic E-state index is 12.8. The number of hydrogen-bond acceptors (Lipinski definition) is 5. The molecular formula is C20H18ClN3O3S. The van der Waals surface area contributed by atoms with Gasteiger partial charge in [0, 0.05) is 17.3 Å². The zero-order valence-corrected chi connectivity index (χ0v) is 17.1. The van der Waals surface area contributed by atoms with Gasteiger partial charge in [0.25, 0.3) is 0 Å². The smallest absolute Gasteiger partial charge is 0.337 e. The second-order valence-electron chi connectivity index (χ2n) is 6.07. The number of aryl methyl sites for hydroxylation is 2. The van der Waals surface area contributed by atoms with Crippen molar-refractivity contribution >= 4 is 34.2 Å². The zero-order valence-electron chi connectivity index (χ0n) is 15.5. The predicted octanol–water partition coefficient (Wildman–Crippen LogP) is 4.34. The van der Waals surface area contributed by atoms with E-state index < -0.39 is 17.0 Å². The van der Waals surface area contributed by atoms with Crippen molar-refractivity contribution in [2.45, 2.75) is 19.0 Å². The Morgan fingerprint density at radius 2 is 1.75 bits per heavy atom. The van der Waals surface area contributed by atoms with E-state index in [0.29, 0.717) is 16.9 Å². The summed E-state index contributed by atoms with van der Waals surface area (Å²) in [7, 11) is -0.473. The molecule has 3 rings (SSSR count). The van der Waals surface area contributed by atoms with Crippen LogP contribution in [0, 0.1) is 13.8 Å². The van der Waals surface area contributed by atoms with E-state index in [2.05, 4.69) is 14.7 Å². The molecule has 1 aromatic heterocycles. The van der Waals surface area contributed by atoms with Crippen LogP contribution in [-0.4, -0.2) is 27.3 Å². The lowest BCUT2D eigenvalue weighted by molar-refractivity contribution is 0.0601. The van der Waals surface area contributed by atoms with Gasteiger partial charge in [-0.05, 0) is 43.2 Å². The number of nitrogens with one attached hydrogen (secondary N) is 1. The van der Waals surface area contributed by atoms with Crippen LogP contribution in [0.2, 0.25) is 5.15 Å². The molecular weight excluding hydrogens is 398 g/mol. The second-order valence-corrected chi connectivity index (χ2v) is 7.56. The summed E-state index contributed by atoms with van der Waals surface area (Å²) >= 11 is 6.16. The number of carbonyl (C=O) groups is 1. The van der Waals surface area contributed by atoms with Gasteiger partial charge in [-0.3, -0.25) is 4.72 Å². The molecule has 1 heterocycles. The van der Waals surface area contributed by atoms with Crippen LogP contribution in [0.1, 0.15) is 21.5 Å². The number of ether oxygens (including phenoxy) is 1. The zero-order chi connectivity index (χ0) is 20.3. The third kappa shape index (κ3) is 4.37. The van der Waals surface area contributed by atoms with E-state index >= 15 is 0 Å². The SMILES string of the molecule is COC(=O)c1cccc(NS(=O)c2nc(Cl)cc(-c3c(C)cccc3C)n2)c1. The summed E-state index contributed by atoms with van der Waals surface area (Å²) < 4.78 is 20.3. The molecule has 1 unspecified atom stereocenters. The minimum Gasteiger partial charge on any atom is -0.465 e. The summed E-state index contributed by atoms with van der Waals surface area (Å²) in [5.74, 6) is -0.481. The Kier molecular flexibility index (Phi) is 6.06. The van der Waals surface area contributed by atoms with Crippen LogP contribution >= 0.6 is 11.6 Å². The number of nitrogens with zero attached hydrogens (tertiary/aromatic N) is 2. The molecule has 0 amide bonds. The van der Waals surface area contributed by atoms with Crippen LogP contribution in [0.4, 0.5) is 5.69 Å². The summed E-state index contributed by atoms with van der Waals surface area (Å²) in [6.07, 6.45) is 0. The van der Waals surface area contributed by atoms with E-state index in [4.69, 9.17) is 16.3 Å². The second kappa shape index (κ2) is 8.50. The highest BCUT2D eigenvalue weighted by atomic mass is 35.5. The Morgan fingerprint density at radius 3 is 2.43 bits per heavy atom. The van der Waals surface area contributed by atoms with E-state index in [-0.39, 0.29) is 10.3 Å². The number of halogens is 1. The first-order valence-corrected chi connectivity index (χ1v) is 9.90. The summed E-state index contributed by atoms with van der Waals surface area (Å²) in [6.45, 7) is 3.96. The largest absolute Gasteiger partial charge is 0.465 e. The van der Waals surface area contributed by atoms with Crippen molar-refractivity contribution in [1.82, 2.24) is 9.97 Å². The Labute approximate surface area is 170 Å². The van der Waals surface area contributed by atoms with Gasteiger partial charge < -0.3 is 4.74 Å². The summed E-state index contributed by atoms with van der Waals surface area (Å²) in [6, 6.07) is 14.1. The molecule has 0 saturated carbocycles. The normalized spacial score (nSPS) is 11.7. The lowest BCUT2D eigenvalue weighted by atomic mass is 10.0. The van der Waals surface area contributed by atoms with Gasteiger partial charge in [-0.2, -0.15) is 0 Å². The number of anilines is 1. The Bertz CT molecular complexity index is 1050. The number of aromatic nitrogens is 2. The molecule has 2 aromatic carbocycles. The number of esters is 1. The van der Waals surface area contributed by atoms with Crippen LogP contribution in [0.25, 0.3) is 11.3 Å². The average molecular weight is 416 g/mol. The lowest BCUT2D eigenvalue weighted by Crippen LogP contribution is -2.10. The molecule has 1 N–H and O–H groups in total. The van der Waals surface area contributed by atoms with Crippen LogP contribution < -0.4 is 4.72 Å². The van der Waals surface area contributed by atoms with Gasteiger partial charge in [-0.15, -0.1) is 0 Å². The van der Waals surface area contributed by atoms with Gasteiger partial charge in [0.2, 0.25) is 5.16 Å². The van der Waals surface area contributed by atoms with E-state index in [1.807, 2.05) is 32.0 Å². The summed E-state index contributed by atoms with van der Waals surface area (Å²) in [5.41, 5.74) is 4.41. The number of benzene rings is 2. The Balaban J connectivity index is 1.93. The molecule has 0 bridgehead atoms. The van der Waals surface area contributed by atoms with Crippen molar-refractivity contribution in [3.63, 3.8) is 0 Å². The predicted molar refractivity (Wildman–Crippen MR) is 110 cm³/mol. The molecule has 8 heteroatoms. The first-order chi connectivity index (χ1) is 13.4. The topological polar surface area (TPSA) is 81.2 Å². The van der Waals surface area contributed by atoms with Crippen molar-refractivity contribution in [3.05, 3.63) is 70.4 Å². The van der Waals surface area contributed by atoms with Crippen molar-refractivity contribution < 1.29 is 13.7 Å². The minimum atomic E-state index is -1.77. The third-order valence-corrected chi connectivity index (χ3v) is 5.20. The van der Waals surface area contributed by atoms with E-state index in [1.54, 1.807) is 30.3 Å². The van der Waals surface area contributed by atoms with E-state index in [0.717, 1.165) is 16.7 Å². The van der Waals surface area contributed by atoms with Crippen molar-refractivity contribution in [2.75, 3.05) is 11.8 Å². The van der Waals surface area contributed by atoms with Gasteiger partial charge in [0.1, 0.15) is 5.15 Å². The lowest BCUT2D eigenvalue weighted by Gasteiger charge is -2.11. The van der Waals surface area contributed by atoms with Crippen molar-refractivity contribution in [3.8, 4) is 11.3 Å². The first-order valence-electron chi connectivity index (χ1n) is 8.37. The molecule has 0 radical (unpaired) electrons. The maximum Gasteiger partial charge on any atom is 0.337 e. The van der Waals surface area contributed by atoms with Crippen molar-refractivity contribution in [2.24, 2.45) is 0 Å². The molecule has 0 aliphatic rings. The molecule has 28 heavy (non-hydrogen) atoms. The fourth-order valence-corrected chi connectivity index (χ4v) is 3.83. The molecule has 0 spiro atoms. The van der Waals surface area contributed by atoms with Crippen molar-refractivity contribution in [1.29, 1.82) is 0 Å². The third-order valence-electron chi connectivity index (χ3n) is 4.07. The standard InChI is InChI=1S/C20H18ClN3O3S/c1-12-6-4-7-13(2)18(12)16-11-17(21)23-20(22-16)28(26)24-15-9-5-8-14(10-15)19(25)27-3/h4-11,24H,1-3H3. The van der Waals surface area contributed by atoms with Crippen LogP contribution in [0.5, 0.6) is 0 Å². The van der Waals surface area contributed by atoms with Crippen LogP contribution in [0.15, 0.2) is 53.7 Å². The van der Waals surface area contributed by atoms with Crippen LogP contribution in [0.3, 0.4) is 0 Å². The van der Waals surface area contributed by atoms with Gasteiger partial charge in [-0.25, -0.2) is 19.0 Å². The minimum absolute atomic E-state index is 0.0497. The monoisotopic (exact) mass is 415 g/mol. The quantitative estimate of drug-likeness (QED) is 0.381. The highest BCUT2D eigenvalue weighted by molar-refractivity contribution is 7.86. The molecule has 0 aliphatic heterocycles. The van der Waals surface area contributed by atoms with E-state index in [1.165, 1.54) is 7.11 Å². The number of hydrogen-bond donors (Lipinski definition) is 1. The fraction of sp³-hybridized carbons (Fsp3) is 0.150. The Morgan fingerprint density at radius 1 is 1.07 bits per heavy atom. The number of carbonyl (C=O) groups excluding carboxylic acids is 1. The highest BCUT2D eigenvalue weighted by Crippen LogP contribution is 2.27. The fourth-order valence-electron chi connectivity index (χ4n) is 2.81. The van der Waals surface area contributed by atoms with Gasteiger partial charge in [0.15, 0.2) is 11.0 Å². The summed E-state index contributed by atoms with van der Waals surface area (Å²) in [4.78, 5) is 20.2. The van der Waals surface area contributed by atoms with Gasteiger partial charge in [0.05, 0.1) is 18.4 Å². The first kappa shape index (κ1) is 20.0. The molecule has 1 atom stereocenters. The van der Waals surface area contributed by atoms with Crippen LogP contribution in [-0.2, 0) is 15.7 Å². The Hall–Kier alpha value is -2.77. The molecule has 0 aliphatic carbocycles. The molecule has 0 saturated heterocycles. The number of methoxy groups -OCH3 is 1. The highest BCUT2D eigenvalue weighted by Gasteiger charge is 2.15. The van der Waals surface area contributed by atoms with Gasteiger partial charge in [-0.1, -0.05) is 35.9 Å². The maximum absolute atomic E-state index is 12.8. The number of rotatable bonds is 5. The molecule has 3 aromatic rings. The van der Waals surface area contributed by atoms with Gasteiger partial charge >= 0.3 is 5.97 Å². The summed E-state index contributed by atoms with van der Waals surface area (Å²) in [5, 5.41) is 0.245.